The summed E-state index contributed by atoms with van der Waals surface area (Å²) in [6.45, 7) is 3.63. The second kappa shape index (κ2) is 8.21. The first-order valence-electron chi connectivity index (χ1n) is 8.93. The number of rotatable bonds is 5. The van der Waals surface area contributed by atoms with E-state index in [4.69, 9.17) is 4.74 Å². The van der Waals surface area contributed by atoms with E-state index in [1.807, 2.05) is 26.0 Å². The first kappa shape index (κ1) is 19.5. The minimum absolute atomic E-state index is 0.00497. The van der Waals surface area contributed by atoms with Gasteiger partial charge in [-0.2, -0.15) is 0 Å². The Bertz CT molecular complexity index is 911. The van der Waals surface area contributed by atoms with Gasteiger partial charge in [-0.1, -0.05) is 6.07 Å². The molecule has 0 radical (unpaired) electrons. The number of nitrogens with zero attached hydrogens (tertiary/aromatic N) is 1. The lowest BCUT2D eigenvalue weighted by Gasteiger charge is -2.16. The van der Waals surface area contributed by atoms with Crippen molar-refractivity contribution < 1.29 is 23.5 Å². The van der Waals surface area contributed by atoms with Gasteiger partial charge < -0.3 is 15.0 Å². The van der Waals surface area contributed by atoms with Crippen molar-refractivity contribution in [3.05, 3.63) is 59.4 Å². The fraction of sp³-hybridized carbons (Fsp3) is 0.286. The molecule has 1 saturated heterocycles. The van der Waals surface area contributed by atoms with Gasteiger partial charge >= 0.3 is 5.97 Å². The van der Waals surface area contributed by atoms with Crippen molar-refractivity contribution >= 4 is 29.2 Å². The number of carbonyl (C=O) groups excluding carboxylic acids is 3. The summed E-state index contributed by atoms with van der Waals surface area (Å²) in [6.07, 6.45) is -0.00497. The van der Waals surface area contributed by atoms with Crippen LogP contribution in [0.25, 0.3) is 0 Å². The predicted octanol–water partition coefficient (Wildman–Crippen LogP) is 2.98. The van der Waals surface area contributed by atoms with Crippen LogP contribution in [-0.2, 0) is 19.1 Å². The lowest BCUT2D eigenvalue weighted by Crippen LogP contribution is -2.28. The third kappa shape index (κ3) is 4.54. The maximum Gasteiger partial charge on any atom is 0.311 e. The number of halogens is 1. The van der Waals surface area contributed by atoms with Crippen LogP contribution in [0.15, 0.2) is 42.5 Å². The maximum atomic E-state index is 13.0. The number of benzene rings is 2. The van der Waals surface area contributed by atoms with Crippen molar-refractivity contribution in [2.75, 3.05) is 23.4 Å². The molecule has 0 saturated carbocycles. The molecule has 146 valence electrons. The van der Waals surface area contributed by atoms with E-state index in [-0.39, 0.29) is 18.9 Å². The molecule has 6 nitrogen and oxygen atoms in total. The lowest BCUT2D eigenvalue weighted by atomic mass is 10.1. The topological polar surface area (TPSA) is 75.7 Å². The summed E-state index contributed by atoms with van der Waals surface area (Å²) < 4.78 is 18.1. The molecule has 28 heavy (non-hydrogen) atoms. The Morgan fingerprint density at radius 3 is 2.54 bits per heavy atom. The summed E-state index contributed by atoms with van der Waals surface area (Å²) in [7, 11) is 0. The first-order chi connectivity index (χ1) is 13.3. The van der Waals surface area contributed by atoms with Crippen LogP contribution < -0.4 is 10.2 Å². The highest BCUT2D eigenvalue weighted by atomic mass is 19.1. The van der Waals surface area contributed by atoms with Gasteiger partial charge in [0.25, 0.3) is 5.91 Å². The molecule has 1 heterocycles. The molecule has 0 unspecified atom stereocenters. The zero-order valence-electron chi connectivity index (χ0n) is 15.7. The summed E-state index contributed by atoms with van der Waals surface area (Å²) >= 11 is 0. The first-order valence-corrected chi connectivity index (χ1v) is 8.93. The number of aryl methyl sites for hydroxylation is 2. The van der Waals surface area contributed by atoms with Crippen LogP contribution in [0.3, 0.4) is 0 Å². The molecular formula is C21H21FN2O4. The van der Waals surface area contributed by atoms with Crippen LogP contribution in [0.4, 0.5) is 15.8 Å². The van der Waals surface area contributed by atoms with Gasteiger partial charge in [-0.3, -0.25) is 14.4 Å². The van der Waals surface area contributed by atoms with Crippen molar-refractivity contribution in [1.82, 2.24) is 0 Å². The van der Waals surface area contributed by atoms with Gasteiger partial charge in [0.1, 0.15) is 5.82 Å². The van der Waals surface area contributed by atoms with E-state index >= 15 is 0 Å². The third-order valence-corrected chi connectivity index (χ3v) is 4.73. The van der Waals surface area contributed by atoms with Crippen molar-refractivity contribution in [2.24, 2.45) is 5.92 Å². The predicted molar refractivity (Wildman–Crippen MR) is 102 cm³/mol. The Kier molecular flexibility index (Phi) is 5.73. The Balaban J connectivity index is 1.52. The summed E-state index contributed by atoms with van der Waals surface area (Å²) in [5.41, 5.74) is 3.30. The van der Waals surface area contributed by atoms with Crippen molar-refractivity contribution in [3.63, 3.8) is 0 Å². The monoisotopic (exact) mass is 384 g/mol. The second-order valence-electron chi connectivity index (χ2n) is 6.84. The van der Waals surface area contributed by atoms with E-state index in [1.54, 1.807) is 6.07 Å². The fourth-order valence-corrected chi connectivity index (χ4v) is 3.01. The molecule has 1 fully saturated rings. The molecule has 1 aliphatic heterocycles. The van der Waals surface area contributed by atoms with E-state index in [2.05, 4.69) is 5.32 Å². The molecular weight excluding hydrogens is 363 g/mol. The highest BCUT2D eigenvalue weighted by Gasteiger charge is 2.36. The van der Waals surface area contributed by atoms with E-state index in [9.17, 15) is 18.8 Å². The molecule has 0 aromatic heterocycles. The Morgan fingerprint density at radius 2 is 1.86 bits per heavy atom. The molecule has 1 atom stereocenters. The van der Waals surface area contributed by atoms with Gasteiger partial charge in [-0.15, -0.1) is 0 Å². The lowest BCUT2D eigenvalue weighted by molar-refractivity contribution is -0.151. The van der Waals surface area contributed by atoms with Crippen LogP contribution in [0, 0.1) is 25.6 Å². The van der Waals surface area contributed by atoms with E-state index in [1.165, 1.54) is 29.2 Å². The molecule has 3 rings (SSSR count). The van der Waals surface area contributed by atoms with Gasteiger partial charge in [0, 0.05) is 24.3 Å². The molecule has 0 spiro atoms. The maximum absolute atomic E-state index is 13.0. The molecule has 7 heteroatoms. The van der Waals surface area contributed by atoms with Crippen LogP contribution >= 0.6 is 0 Å². The zero-order valence-corrected chi connectivity index (χ0v) is 15.7. The number of hydrogen-bond acceptors (Lipinski definition) is 4. The van der Waals surface area contributed by atoms with Gasteiger partial charge in [0.05, 0.1) is 5.92 Å². The summed E-state index contributed by atoms with van der Waals surface area (Å²) in [6, 6.07) is 11.0. The Labute approximate surface area is 162 Å². The van der Waals surface area contributed by atoms with E-state index in [0.717, 1.165) is 11.1 Å². The summed E-state index contributed by atoms with van der Waals surface area (Å²) in [4.78, 5) is 37.8. The average molecular weight is 384 g/mol. The number of anilines is 2. The Hall–Kier alpha value is -3.22. The molecule has 0 aliphatic carbocycles. The number of esters is 1. The average Bonchev–Trinajstić information content (AvgIpc) is 3.05. The largest absolute Gasteiger partial charge is 0.455 e. The molecule has 1 aliphatic rings. The summed E-state index contributed by atoms with van der Waals surface area (Å²) in [5, 5.41) is 2.68. The van der Waals surface area contributed by atoms with Crippen molar-refractivity contribution in [3.8, 4) is 0 Å². The highest BCUT2D eigenvalue weighted by Crippen LogP contribution is 2.26. The normalized spacial score (nSPS) is 16.2. The molecule has 2 aromatic carbocycles. The smallest absolute Gasteiger partial charge is 0.311 e. The number of nitrogens with one attached hydrogen (secondary N) is 1. The number of amides is 2. The Morgan fingerprint density at radius 1 is 1.14 bits per heavy atom. The quantitative estimate of drug-likeness (QED) is 0.804. The SMILES string of the molecule is Cc1ccc(NC(=O)COC(=O)[C@H]2CC(=O)N(c3ccc(F)cc3)C2)cc1C. The van der Waals surface area contributed by atoms with Crippen molar-refractivity contribution in [1.29, 1.82) is 0 Å². The van der Waals surface area contributed by atoms with Gasteiger partial charge in [-0.25, -0.2) is 4.39 Å². The van der Waals surface area contributed by atoms with Crippen LogP contribution in [0.5, 0.6) is 0 Å². The standard InChI is InChI=1S/C21H21FN2O4/c1-13-3-6-17(9-14(13)2)23-19(25)12-28-21(27)15-10-20(26)24(11-15)18-7-4-16(22)5-8-18/h3-9,15H,10-12H2,1-2H3,(H,23,25)/t15-/m0/s1. The van der Waals surface area contributed by atoms with Gasteiger partial charge in [0.15, 0.2) is 6.61 Å². The number of carbonyl (C=O) groups is 3. The zero-order chi connectivity index (χ0) is 20.3. The molecule has 0 bridgehead atoms. The van der Waals surface area contributed by atoms with Gasteiger partial charge in [-0.05, 0) is 61.4 Å². The fourth-order valence-electron chi connectivity index (χ4n) is 3.01. The molecule has 2 aromatic rings. The van der Waals surface area contributed by atoms with Gasteiger partial charge in [0.2, 0.25) is 5.91 Å². The van der Waals surface area contributed by atoms with Crippen molar-refractivity contribution in [2.45, 2.75) is 20.3 Å². The third-order valence-electron chi connectivity index (χ3n) is 4.73. The molecule has 2 amide bonds. The number of hydrogen-bond donors (Lipinski definition) is 1. The van der Waals surface area contributed by atoms with Crippen LogP contribution in [0.1, 0.15) is 17.5 Å². The second-order valence-corrected chi connectivity index (χ2v) is 6.84. The van der Waals surface area contributed by atoms with E-state index in [0.29, 0.717) is 11.4 Å². The number of ether oxygens (including phenoxy) is 1. The minimum atomic E-state index is -0.660. The van der Waals surface area contributed by atoms with Crippen LogP contribution in [0.2, 0.25) is 0 Å². The van der Waals surface area contributed by atoms with E-state index < -0.39 is 30.2 Å². The van der Waals surface area contributed by atoms with Crippen LogP contribution in [-0.4, -0.2) is 30.9 Å². The molecule has 1 N–H and O–H groups in total. The highest BCUT2D eigenvalue weighted by molar-refractivity contribution is 6.00. The minimum Gasteiger partial charge on any atom is -0.455 e. The summed E-state index contributed by atoms with van der Waals surface area (Å²) in [5.74, 6) is -2.36.